The molecule has 1 heterocycles. The Morgan fingerprint density at radius 2 is 2.11 bits per heavy atom. The Bertz CT molecular complexity index is 930. The van der Waals surface area contributed by atoms with Crippen molar-refractivity contribution in [3.8, 4) is 5.75 Å². The van der Waals surface area contributed by atoms with Crippen LogP contribution in [0.2, 0.25) is 0 Å². The summed E-state index contributed by atoms with van der Waals surface area (Å²) in [5, 5.41) is 3.29. The maximum absolute atomic E-state index is 12.8. The van der Waals surface area contributed by atoms with Crippen LogP contribution in [-0.2, 0) is 11.2 Å². The van der Waals surface area contributed by atoms with Gasteiger partial charge in [-0.25, -0.2) is 13.8 Å². The lowest BCUT2D eigenvalue weighted by atomic mass is 9.94. The second kappa shape index (κ2) is 8.93. The highest BCUT2D eigenvalue weighted by molar-refractivity contribution is 7.15. The summed E-state index contributed by atoms with van der Waals surface area (Å²) in [5.41, 5.74) is 0.630. The van der Waals surface area contributed by atoms with E-state index in [-0.39, 0.29) is 5.91 Å². The number of carbonyl (C=O) groups is 1. The minimum absolute atomic E-state index is 0.262. The number of rotatable bonds is 8. The monoisotopic (exact) mass is 402 g/mol. The van der Waals surface area contributed by atoms with E-state index in [1.807, 2.05) is 24.3 Å². The Balaban J connectivity index is 1.72. The minimum atomic E-state index is -0.837. The molecule has 146 valence electrons. The van der Waals surface area contributed by atoms with Gasteiger partial charge in [-0.3, -0.25) is 4.79 Å². The van der Waals surface area contributed by atoms with E-state index in [2.05, 4.69) is 10.3 Å². The number of hydrogen-bond donors (Lipinski definition) is 1. The second-order valence-corrected chi connectivity index (χ2v) is 7.50. The lowest BCUT2D eigenvalue weighted by Crippen LogP contribution is -2.25. The van der Waals surface area contributed by atoms with Crippen molar-refractivity contribution >= 4 is 22.4 Å². The number of halogens is 2. The summed E-state index contributed by atoms with van der Waals surface area (Å²) in [6.45, 7) is 0. The molecule has 28 heavy (non-hydrogen) atoms. The third-order valence-electron chi connectivity index (χ3n) is 4.66. The molecule has 0 saturated heterocycles. The fourth-order valence-corrected chi connectivity index (χ4v) is 3.89. The number of thiazole rings is 1. The van der Waals surface area contributed by atoms with Gasteiger partial charge >= 0.3 is 0 Å². The third kappa shape index (κ3) is 4.36. The van der Waals surface area contributed by atoms with E-state index in [4.69, 9.17) is 4.74 Å². The summed E-state index contributed by atoms with van der Waals surface area (Å²) in [5.74, 6) is 0.537. The van der Waals surface area contributed by atoms with Crippen LogP contribution in [-0.4, -0.2) is 18.0 Å². The highest BCUT2D eigenvalue weighted by atomic mass is 32.1. The Kier molecular flexibility index (Phi) is 6.36. The van der Waals surface area contributed by atoms with E-state index in [1.165, 1.54) is 23.5 Å². The summed E-state index contributed by atoms with van der Waals surface area (Å²) >= 11 is 1.38. The molecule has 2 aromatic rings. The molecule has 1 amide bonds. The van der Waals surface area contributed by atoms with Crippen molar-refractivity contribution in [1.82, 2.24) is 4.98 Å². The van der Waals surface area contributed by atoms with E-state index in [1.54, 1.807) is 13.3 Å². The standard InChI is InChI=1S/C21H20F2N2O2S/c1-27-18-7-3-2-5-15(18)13-17-14-24-20(28-17)25-19(26)21(9-10-21)16(8-12-23)6-4-11-22/h2-8,11-12,14H,9-10,13H2,1H3,(H,24,25,26)/b11-4+,12-8+,16-6+. The Labute approximate surface area is 166 Å². The predicted octanol–water partition coefficient (Wildman–Crippen LogP) is 5.35. The number of benzene rings is 1. The van der Waals surface area contributed by atoms with Crippen molar-refractivity contribution in [3.63, 3.8) is 0 Å². The first-order chi connectivity index (χ1) is 13.6. The molecule has 1 aliphatic carbocycles. The van der Waals surface area contributed by atoms with Gasteiger partial charge in [0.25, 0.3) is 0 Å². The van der Waals surface area contributed by atoms with Crippen molar-refractivity contribution in [2.24, 2.45) is 5.41 Å². The number of anilines is 1. The van der Waals surface area contributed by atoms with E-state index in [0.29, 0.717) is 42.6 Å². The van der Waals surface area contributed by atoms with Crippen LogP contribution in [0, 0.1) is 5.41 Å². The number of hydrogen-bond acceptors (Lipinski definition) is 4. The largest absolute Gasteiger partial charge is 0.496 e. The molecule has 3 rings (SSSR count). The van der Waals surface area contributed by atoms with Gasteiger partial charge in [0, 0.05) is 17.5 Å². The van der Waals surface area contributed by atoms with Gasteiger partial charge in [0.2, 0.25) is 5.91 Å². The summed E-state index contributed by atoms with van der Waals surface area (Å²) < 4.78 is 30.4. The van der Waals surface area contributed by atoms with Crippen LogP contribution < -0.4 is 10.1 Å². The molecule has 1 aromatic carbocycles. The lowest BCUT2D eigenvalue weighted by molar-refractivity contribution is -0.119. The van der Waals surface area contributed by atoms with Crippen LogP contribution in [0.1, 0.15) is 23.3 Å². The molecule has 1 N–H and O–H groups in total. The number of carbonyl (C=O) groups excluding carboxylic acids is 1. The fraction of sp³-hybridized carbons (Fsp3) is 0.238. The Morgan fingerprint density at radius 3 is 2.79 bits per heavy atom. The third-order valence-corrected chi connectivity index (χ3v) is 5.57. The van der Waals surface area contributed by atoms with Crippen molar-refractivity contribution in [1.29, 1.82) is 0 Å². The molecule has 0 bridgehead atoms. The Hall–Kier alpha value is -2.80. The maximum Gasteiger partial charge on any atom is 0.236 e. The van der Waals surface area contributed by atoms with E-state index >= 15 is 0 Å². The highest BCUT2D eigenvalue weighted by Gasteiger charge is 2.52. The predicted molar refractivity (Wildman–Crippen MR) is 107 cm³/mol. The molecule has 0 radical (unpaired) electrons. The summed E-state index contributed by atoms with van der Waals surface area (Å²) in [6.07, 6.45) is 7.99. The summed E-state index contributed by atoms with van der Waals surface area (Å²) in [4.78, 5) is 18.0. The number of aromatic nitrogens is 1. The average Bonchev–Trinajstić information content (AvgIpc) is 3.41. The zero-order valence-corrected chi connectivity index (χ0v) is 16.1. The van der Waals surface area contributed by atoms with E-state index in [0.717, 1.165) is 22.3 Å². The smallest absolute Gasteiger partial charge is 0.236 e. The van der Waals surface area contributed by atoms with Gasteiger partial charge in [0.1, 0.15) is 5.75 Å². The fourth-order valence-electron chi connectivity index (χ4n) is 3.05. The molecule has 0 unspecified atom stereocenters. The van der Waals surface area contributed by atoms with Crippen LogP contribution in [0.15, 0.2) is 66.9 Å². The zero-order chi connectivity index (χ0) is 20.0. The molecular weight excluding hydrogens is 382 g/mol. The molecule has 1 aromatic heterocycles. The van der Waals surface area contributed by atoms with Crippen molar-refractivity contribution < 1.29 is 18.3 Å². The quantitative estimate of drug-likeness (QED) is 0.605. The molecule has 4 nitrogen and oxygen atoms in total. The molecule has 1 saturated carbocycles. The van der Waals surface area contributed by atoms with Gasteiger partial charge in [-0.15, -0.1) is 11.3 Å². The van der Waals surface area contributed by atoms with Gasteiger partial charge in [-0.2, -0.15) is 0 Å². The molecule has 0 spiro atoms. The number of nitrogens with one attached hydrogen (secondary N) is 1. The van der Waals surface area contributed by atoms with Crippen molar-refractivity contribution in [2.75, 3.05) is 12.4 Å². The van der Waals surface area contributed by atoms with Crippen molar-refractivity contribution in [3.05, 3.63) is 77.4 Å². The van der Waals surface area contributed by atoms with Crippen LogP contribution in [0.25, 0.3) is 0 Å². The second-order valence-electron chi connectivity index (χ2n) is 6.39. The van der Waals surface area contributed by atoms with Gasteiger partial charge in [0.15, 0.2) is 5.13 Å². The van der Waals surface area contributed by atoms with Crippen LogP contribution in [0.3, 0.4) is 0 Å². The number of ether oxygens (including phenoxy) is 1. The van der Waals surface area contributed by atoms with E-state index < -0.39 is 5.41 Å². The highest BCUT2D eigenvalue weighted by Crippen LogP contribution is 2.53. The molecular formula is C21H20F2N2O2S. The van der Waals surface area contributed by atoms with Gasteiger partial charge in [-0.1, -0.05) is 24.3 Å². The van der Waals surface area contributed by atoms with E-state index in [9.17, 15) is 13.6 Å². The number of amides is 1. The first kappa shape index (κ1) is 19.9. The number of nitrogens with zero attached hydrogens (tertiary/aromatic N) is 1. The van der Waals surface area contributed by atoms with Crippen LogP contribution in [0.5, 0.6) is 5.75 Å². The number of allylic oxidation sites excluding steroid dienone is 3. The topological polar surface area (TPSA) is 51.2 Å². The summed E-state index contributed by atoms with van der Waals surface area (Å²) in [7, 11) is 1.63. The van der Waals surface area contributed by atoms with Crippen LogP contribution >= 0.6 is 11.3 Å². The Morgan fingerprint density at radius 1 is 1.32 bits per heavy atom. The SMILES string of the molecule is COc1ccccc1Cc1cnc(NC(=O)C2(C(/C=C/F)=C/C=C/F)CC2)s1. The molecule has 1 aliphatic rings. The normalized spacial score (nSPS) is 15.9. The number of para-hydroxylation sites is 1. The first-order valence-electron chi connectivity index (χ1n) is 8.75. The van der Waals surface area contributed by atoms with Gasteiger partial charge < -0.3 is 10.1 Å². The lowest BCUT2D eigenvalue weighted by Gasteiger charge is -2.15. The molecule has 0 atom stereocenters. The zero-order valence-electron chi connectivity index (χ0n) is 15.3. The van der Waals surface area contributed by atoms with Gasteiger partial charge in [-0.05, 0) is 42.2 Å². The maximum atomic E-state index is 12.8. The number of methoxy groups -OCH3 is 1. The molecule has 7 heteroatoms. The van der Waals surface area contributed by atoms with Gasteiger partial charge in [0.05, 0.1) is 25.2 Å². The summed E-state index contributed by atoms with van der Waals surface area (Å²) in [6, 6.07) is 7.73. The first-order valence-corrected chi connectivity index (χ1v) is 9.57. The van der Waals surface area contributed by atoms with Crippen LogP contribution in [0.4, 0.5) is 13.9 Å². The molecule has 0 aliphatic heterocycles. The van der Waals surface area contributed by atoms with Crippen molar-refractivity contribution in [2.45, 2.75) is 19.3 Å². The molecule has 1 fully saturated rings. The minimum Gasteiger partial charge on any atom is -0.496 e. The average molecular weight is 402 g/mol.